The Kier molecular flexibility index (Phi) is 3.08. The van der Waals surface area contributed by atoms with Crippen LogP contribution >= 0.6 is 0 Å². The minimum Gasteiger partial charge on any atom is -0.478 e. The van der Waals surface area contributed by atoms with Gasteiger partial charge in [0.25, 0.3) is 6.43 Å². The number of alkyl halides is 2. The maximum Gasteiger partial charge on any atom is 0.337 e. The molecule has 3 N–H and O–H groups in total. The average Bonchev–Trinajstić information content (AvgIpc) is 2.16. The summed E-state index contributed by atoms with van der Waals surface area (Å²) in [5.74, 6) is -1.22. The molecule has 0 aromatic carbocycles. The van der Waals surface area contributed by atoms with Gasteiger partial charge in [-0.05, 0) is 11.6 Å². The molecule has 0 saturated carbocycles. The molecule has 6 heteroatoms. The number of nitrogens with two attached hydrogens (primary N) is 1. The molecule has 14 heavy (non-hydrogen) atoms. The number of hydrogen-bond acceptors (Lipinski definition) is 3. The monoisotopic (exact) mass is 202 g/mol. The number of aromatic nitrogens is 1. The van der Waals surface area contributed by atoms with Crippen molar-refractivity contribution in [1.29, 1.82) is 0 Å². The first kappa shape index (κ1) is 10.5. The molecule has 0 saturated heterocycles. The van der Waals surface area contributed by atoms with E-state index >= 15 is 0 Å². The van der Waals surface area contributed by atoms with Crippen LogP contribution in [0.1, 0.15) is 28.0 Å². The second kappa shape index (κ2) is 4.10. The lowest BCUT2D eigenvalue weighted by Gasteiger charge is -2.05. The Balaban J connectivity index is 3.18. The van der Waals surface area contributed by atoms with Crippen LogP contribution in [-0.4, -0.2) is 16.1 Å². The maximum atomic E-state index is 12.2. The van der Waals surface area contributed by atoms with Gasteiger partial charge in [0.2, 0.25) is 0 Å². The molecule has 0 aliphatic heterocycles. The molecule has 0 bridgehead atoms. The topological polar surface area (TPSA) is 76.2 Å². The van der Waals surface area contributed by atoms with Gasteiger partial charge in [-0.2, -0.15) is 0 Å². The number of nitrogens with zero attached hydrogens (tertiary/aromatic N) is 1. The van der Waals surface area contributed by atoms with Crippen LogP contribution in [0.4, 0.5) is 8.78 Å². The highest BCUT2D eigenvalue weighted by atomic mass is 19.3. The van der Waals surface area contributed by atoms with Gasteiger partial charge in [-0.3, -0.25) is 4.98 Å². The Morgan fingerprint density at radius 2 is 2.29 bits per heavy atom. The molecule has 1 aromatic rings. The molecule has 0 fully saturated rings. The molecule has 1 aromatic heterocycles. The van der Waals surface area contributed by atoms with Crippen molar-refractivity contribution in [2.45, 2.75) is 13.0 Å². The Morgan fingerprint density at radius 1 is 1.64 bits per heavy atom. The summed E-state index contributed by atoms with van der Waals surface area (Å²) in [6, 6.07) is 1.01. The Labute approximate surface area is 78.4 Å². The highest BCUT2D eigenvalue weighted by Crippen LogP contribution is 2.18. The SMILES string of the molecule is NCc1cc(C(F)F)ncc1C(=O)O. The van der Waals surface area contributed by atoms with Crippen LogP contribution in [0.25, 0.3) is 0 Å². The fraction of sp³-hybridized carbons (Fsp3) is 0.250. The second-order valence-electron chi connectivity index (χ2n) is 2.58. The van der Waals surface area contributed by atoms with E-state index in [4.69, 9.17) is 10.8 Å². The zero-order valence-electron chi connectivity index (χ0n) is 7.08. The number of halogens is 2. The molecule has 4 nitrogen and oxygen atoms in total. The summed E-state index contributed by atoms with van der Waals surface area (Å²) < 4.78 is 24.3. The number of carbonyl (C=O) groups is 1. The molecule has 0 aliphatic rings. The quantitative estimate of drug-likeness (QED) is 0.771. The lowest BCUT2D eigenvalue weighted by atomic mass is 10.1. The standard InChI is InChI=1S/C8H8F2N2O2/c9-7(10)6-1-4(2-11)5(3-12-6)8(13)14/h1,3,7H,2,11H2,(H,13,14). The van der Waals surface area contributed by atoms with E-state index in [-0.39, 0.29) is 17.7 Å². The van der Waals surface area contributed by atoms with Crippen molar-refractivity contribution in [3.05, 3.63) is 29.1 Å². The predicted molar refractivity (Wildman–Crippen MR) is 44.0 cm³/mol. The fourth-order valence-corrected chi connectivity index (χ4v) is 0.996. The summed E-state index contributed by atoms with van der Waals surface area (Å²) >= 11 is 0. The summed E-state index contributed by atoms with van der Waals surface area (Å²) in [6.07, 6.45) is -1.82. The van der Waals surface area contributed by atoms with E-state index in [0.717, 1.165) is 12.3 Å². The van der Waals surface area contributed by atoms with Crippen molar-refractivity contribution in [3.63, 3.8) is 0 Å². The van der Waals surface area contributed by atoms with E-state index in [9.17, 15) is 13.6 Å². The first-order valence-electron chi connectivity index (χ1n) is 3.76. The molecule has 0 spiro atoms. The smallest absolute Gasteiger partial charge is 0.337 e. The van der Waals surface area contributed by atoms with Crippen molar-refractivity contribution in [2.75, 3.05) is 0 Å². The molecule has 1 rings (SSSR count). The minimum atomic E-state index is -2.72. The molecule has 0 atom stereocenters. The van der Waals surface area contributed by atoms with Crippen molar-refractivity contribution in [2.24, 2.45) is 5.73 Å². The van der Waals surface area contributed by atoms with Crippen molar-refractivity contribution < 1.29 is 18.7 Å². The molecule has 0 aliphatic carbocycles. The Morgan fingerprint density at radius 3 is 2.71 bits per heavy atom. The van der Waals surface area contributed by atoms with Gasteiger partial charge in [-0.1, -0.05) is 0 Å². The first-order chi connectivity index (χ1) is 6.56. The zero-order chi connectivity index (χ0) is 10.7. The van der Waals surface area contributed by atoms with Gasteiger partial charge in [0, 0.05) is 12.7 Å². The first-order valence-corrected chi connectivity index (χ1v) is 3.76. The van der Waals surface area contributed by atoms with Crippen LogP contribution in [0, 0.1) is 0 Å². The van der Waals surface area contributed by atoms with Gasteiger partial charge < -0.3 is 10.8 Å². The molecular weight excluding hydrogens is 194 g/mol. The highest BCUT2D eigenvalue weighted by molar-refractivity contribution is 5.89. The molecule has 0 amide bonds. The lowest BCUT2D eigenvalue weighted by Crippen LogP contribution is -2.09. The van der Waals surface area contributed by atoms with Crippen LogP contribution in [0.15, 0.2) is 12.3 Å². The van der Waals surface area contributed by atoms with E-state index in [0.29, 0.717) is 0 Å². The number of hydrogen-bond donors (Lipinski definition) is 2. The molecule has 0 radical (unpaired) electrons. The molecular formula is C8H8F2N2O2. The number of carboxylic acids is 1. The number of rotatable bonds is 3. The number of carboxylic acid groups (broad SMARTS) is 1. The molecule has 1 heterocycles. The van der Waals surface area contributed by atoms with Gasteiger partial charge in [-0.15, -0.1) is 0 Å². The van der Waals surface area contributed by atoms with E-state index < -0.39 is 18.1 Å². The normalized spacial score (nSPS) is 10.6. The van der Waals surface area contributed by atoms with E-state index in [1.807, 2.05) is 0 Å². The van der Waals surface area contributed by atoms with E-state index in [1.54, 1.807) is 0 Å². The van der Waals surface area contributed by atoms with Crippen LogP contribution in [-0.2, 0) is 6.54 Å². The Bertz CT molecular complexity index is 355. The zero-order valence-corrected chi connectivity index (χ0v) is 7.08. The molecule has 76 valence electrons. The number of pyridine rings is 1. The van der Waals surface area contributed by atoms with Gasteiger partial charge in [0.05, 0.1) is 5.56 Å². The summed E-state index contributed by atoms with van der Waals surface area (Å²) in [4.78, 5) is 13.9. The van der Waals surface area contributed by atoms with Gasteiger partial charge in [0.1, 0.15) is 5.69 Å². The van der Waals surface area contributed by atoms with Crippen molar-refractivity contribution in [3.8, 4) is 0 Å². The van der Waals surface area contributed by atoms with E-state index in [2.05, 4.69) is 4.98 Å². The van der Waals surface area contributed by atoms with Crippen molar-refractivity contribution >= 4 is 5.97 Å². The summed E-state index contributed by atoms with van der Waals surface area (Å²) in [5.41, 5.74) is 4.77. The van der Waals surface area contributed by atoms with Gasteiger partial charge in [0.15, 0.2) is 0 Å². The fourth-order valence-electron chi connectivity index (χ4n) is 0.996. The lowest BCUT2D eigenvalue weighted by molar-refractivity contribution is 0.0694. The number of aromatic carboxylic acids is 1. The largest absolute Gasteiger partial charge is 0.478 e. The van der Waals surface area contributed by atoms with Crippen LogP contribution in [0.2, 0.25) is 0 Å². The molecule has 0 unspecified atom stereocenters. The minimum absolute atomic E-state index is 0.107. The third-order valence-electron chi connectivity index (χ3n) is 1.68. The highest BCUT2D eigenvalue weighted by Gasteiger charge is 2.14. The van der Waals surface area contributed by atoms with Crippen molar-refractivity contribution in [1.82, 2.24) is 4.98 Å². The summed E-state index contributed by atoms with van der Waals surface area (Å²) in [7, 11) is 0. The summed E-state index contributed by atoms with van der Waals surface area (Å²) in [6.45, 7) is -0.107. The van der Waals surface area contributed by atoms with Gasteiger partial charge in [-0.25, -0.2) is 13.6 Å². The van der Waals surface area contributed by atoms with Crippen LogP contribution in [0.3, 0.4) is 0 Å². The van der Waals surface area contributed by atoms with Crippen LogP contribution in [0.5, 0.6) is 0 Å². The predicted octanol–water partition coefficient (Wildman–Crippen LogP) is 1.18. The van der Waals surface area contributed by atoms with E-state index in [1.165, 1.54) is 0 Å². The van der Waals surface area contributed by atoms with Crippen LogP contribution < -0.4 is 5.73 Å². The maximum absolute atomic E-state index is 12.2. The van der Waals surface area contributed by atoms with Gasteiger partial charge >= 0.3 is 5.97 Å². The second-order valence-corrected chi connectivity index (χ2v) is 2.58. The summed E-state index contributed by atoms with van der Waals surface area (Å²) in [5, 5.41) is 8.64. The third kappa shape index (κ3) is 2.02. The third-order valence-corrected chi connectivity index (χ3v) is 1.68. The average molecular weight is 202 g/mol. The Hall–Kier alpha value is -1.56.